The van der Waals surface area contributed by atoms with E-state index < -0.39 is 63.8 Å². The van der Waals surface area contributed by atoms with Gasteiger partial charge in [0.05, 0.1) is 24.2 Å². The van der Waals surface area contributed by atoms with Crippen LogP contribution < -0.4 is 0 Å². The standard InChI is InChI=1S/C35H51ClO10/c1-8-16-43-35(41,44-17-9-2)45-28-20-32(7)26(25-13-12-23-19-24(37)14-15-31(23,6)33(25,28)36)18-22(5)34(32,46-30(40)11-4)27(38)21-42-29(39)10-3/h14-15,19,22,25-26,28,41H,8-13,16-18,20-21H2,1-7H3/t22-,25-,26-,28-,31-,32-,33?,34-/m0/s1. The molecular weight excluding hydrogens is 616 g/mol. The highest BCUT2D eigenvalue weighted by Gasteiger charge is 2.77. The molecule has 1 unspecified atom stereocenters. The molecule has 0 saturated heterocycles. The summed E-state index contributed by atoms with van der Waals surface area (Å²) in [5.41, 5.74) is -2.71. The van der Waals surface area contributed by atoms with Gasteiger partial charge in [0.15, 0.2) is 18.0 Å². The maximum atomic E-state index is 14.4. The fourth-order valence-electron chi connectivity index (χ4n) is 8.85. The molecule has 11 heteroatoms. The monoisotopic (exact) mass is 666 g/mol. The van der Waals surface area contributed by atoms with Crippen LogP contribution in [0.1, 0.15) is 99.8 Å². The van der Waals surface area contributed by atoms with Crippen molar-refractivity contribution in [3.63, 3.8) is 0 Å². The first-order valence-corrected chi connectivity index (χ1v) is 17.2. The Morgan fingerprint density at radius 2 is 1.65 bits per heavy atom. The molecule has 0 aliphatic heterocycles. The molecule has 0 amide bonds. The van der Waals surface area contributed by atoms with Gasteiger partial charge >= 0.3 is 18.1 Å². The minimum absolute atomic E-state index is 0.0422. The van der Waals surface area contributed by atoms with Gasteiger partial charge in [-0.3, -0.25) is 23.9 Å². The van der Waals surface area contributed by atoms with E-state index in [4.69, 9.17) is 35.3 Å². The molecule has 8 atom stereocenters. The van der Waals surface area contributed by atoms with Gasteiger partial charge in [-0.2, -0.15) is 0 Å². The van der Waals surface area contributed by atoms with Crippen LogP contribution in [0.5, 0.6) is 0 Å². The SMILES string of the molecule is CCCOC(O)(OCCC)O[C@H]1C[C@@]2(C)[C@@H](C[C@H](C)[C@]2(OC(=O)CC)C(=O)COC(=O)CC)[C@@H]2CCC3=CC(=O)C=C[C@]3(C)C12Cl. The first kappa shape index (κ1) is 36.7. The van der Waals surface area contributed by atoms with E-state index >= 15 is 0 Å². The second-order valence-corrected chi connectivity index (χ2v) is 14.3. The van der Waals surface area contributed by atoms with Crippen LogP contribution in [0.25, 0.3) is 0 Å². The lowest BCUT2D eigenvalue weighted by atomic mass is 9.45. The summed E-state index contributed by atoms with van der Waals surface area (Å²) in [6.07, 6.45) is 4.55. The van der Waals surface area contributed by atoms with Crippen molar-refractivity contribution in [3.05, 3.63) is 23.8 Å². The molecule has 0 spiro atoms. The van der Waals surface area contributed by atoms with Crippen molar-refractivity contribution in [2.24, 2.45) is 28.6 Å². The second-order valence-electron chi connectivity index (χ2n) is 13.7. The molecule has 0 bridgehead atoms. The number of hydrogen-bond acceptors (Lipinski definition) is 10. The number of halogens is 1. The Balaban J connectivity index is 1.91. The second kappa shape index (κ2) is 13.8. The Kier molecular flexibility index (Phi) is 11.0. The number of ketones is 2. The summed E-state index contributed by atoms with van der Waals surface area (Å²) >= 11 is 7.97. The van der Waals surface area contributed by atoms with Crippen LogP contribution in [-0.4, -0.2) is 71.2 Å². The summed E-state index contributed by atoms with van der Waals surface area (Å²) in [5, 5.41) is 11.7. The number of ether oxygens (including phenoxy) is 5. The number of alkyl halides is 1. The molecule has 258 valence electrons. The van der Waals surface area contributed by atoms with Gasteiger partial charge in [0.25, 0.3) is 0 Å². The summed E-state index contributed by atoms with van der Waals surface area (Å²) in [4.78, 5) is 51.0. The lowest BCUT2D eigenvalue weighted by Crippen LogP contribution is -2.71. The van der Waals surface area contributed by atoms with Gasteiger partial charge in [-0.25, -0.2) is 0 Å². The topological polar surface area (TPSA) is 135 Å². The van der Waals surface area contributed by atoms with Crippen molar-refractivity contribution in [2.75, 3.05) is 19.8 Å². The first-order chi connectivity index (χ1) is 21.6. The zero-order chi connectivity index (χ0) is 34.1. The molecular formula is C35H51ClO10. The summed E-state index contributed by atoms with van der Waals surface area (Å²) < 4.78 is 29.7. The van der Waals surface area contributed by atoms with Crippen molar-refractivity contribution in [3.8, 4) is 0 Å². The van der Waals surface area contributed by atoms with Crippen molar-refractivity contribution in [1.29, 1.82) is 0 Å². The third kappa shape index (κ3) is 5.91. The fourth-order valence-corrected chi connectivity index (χ4v) is 9.42. The highest BCUT2D eigenvalue weighted by atomic mass is 35.5. The molecule has 4 aliphatic rings. The molecule has 1 N–H and O–H groups in total. The van der Waals surface area contributed by atoms with Crippen LogP contribution in [-0.2, 0) is 42.9 Å². The van der Waals surface area contributed by atoms with Crippen LogP contribution in [0.4, 0.5) is 0 Å². The number of rotatable bonds is 14. The van der Waals surface area contributed by atoms with Crippen LogP contribution in [0.15, 0.2) is 23.8 Å². The Morgan fingerprint density at radius 3 is 2.24 bits per heavy atom. The number of allylic oxidation sites excluding steroid dienone is 4. The zero-order valence-electron chi connectivity index (χ0n) is 28.3. The highest BCUT2D eigenvalue weighted by molar-refractivity contribution is 6.26. The smallest absolute Gasteiger partial charge is 0.410 e. The van der Waals surface area contributed by atoms with Gasteiger partial charge < -0.3 is 24.1 Å². The lowest BCUT2D eigenvalue weighted by Gasteiger charge is -2.65. The van der Waals surface area contributed by atoms with Gasteiger partial charge in [0, 0.05) is 29.6 Å². The number of aliphatic hydroxyl groups is 1. The normalized spacial score (nSPS) is 36.7. The molecule has 0 aromatic heterocycles. The quantitative estimate of drug-likeness (QED) is 0.142. The van der Waals surface area contributed by atoms with Crippen LogP contribution in [0, 0.1) is 28.6 Å². The highest BCUT2D eigenvalue weighted by Crippen LogP contribution is 2.72. The molecule has 46 heavy (non-hydrogen) atoms. The van der Waals surface area contributed by atoms with Crippen LogP contribution in [0.2, 0.25) is 0 Å². The van der Waals surface area contributed by atoms with E-state index in [1.165, 1.54) is 6.08 Å². The molecule has 3 saturated carbocycles. The third-order valence-electron chi connectivity index (χ3n) is 11.1. The van der Waals surface area contributed by atoms with Gasteiger partial charge in [-0.1, -0.05) is 60.1 Å². The molecule has 0 aromatic carbocycles. The molecule has 0 radical (unpaired) electrons. The maximum absolute atomic E-state index is 14.4. The minimum Gasteiger partial charge on any atom is -0.457 e. The minimum atomic E-state index is -2.45. The molecule has 4 aliphatic carbocycles. The van der Waals surface area contributed by atoms with Crippen LogP contribution >= 0.6 is 11.6 Å². The van der Waals surface area contributed by atoms with Gasteiger partial charge in [0.1, 0.15) is 0 Å². The first-order valence-electron chi connectivity index (χ1n) is 16.8. The molecule has 0 heterocycles. The van der Waals surface area contributed by atoms with Crippen molar-refractivity contribution in [1.82, 2.24) is 0 Å². The molecule has 10 nitrogen and oxygen atoms in total. The Bertz CT molecular complexity index is 1250. The lowest BCUT2D eigenvalue weighted by molar-refractivity contribution is -0.501. The molecule has 3 fully saturated rings. The maximum Gasteiger partial charge on any atom is 0.410 e. The summed E-state index contributed by atoms with van der Waals surface area (Å²) in [7, 11) is 0. The van der Waals surface area contributed by atoms with Crippen LogP contribution in [0.3, 0.4) is 0 Å². The van der Waals surface area contributed by atoms with Gasteiger partial charge in [-0.15, -0.1) is 11.6 Å². The van der Waals surface area contributed by atoms with Crippen molar-refractivity contribution >= 4 is 35.1 Å². The van der Waals surface area contributed by atoms with E-state index in [0.29, 0.717) is 32.1 Å². The predicted molar refractivity (Wildman–Crippen MR) is 169 cm³/mol. The number of esters is 2. The van der Waals surface area contributed by atoms with E-state index in [-0.39, 0.29) is 50.1 Å². The summed E-state index contributed by atoms with van der Waals surface area (Å²) in [6, 6.07) is 0. The van der Waals surface area contributed by atoms with E-state index in [1.54, 1.807) is 19.9 Å². The van der Waals surface area contributed by atoms with Crippen molar-refractivity contribution < 1.29 is 48.0 Å². The summed E-state index contributed by atoms with van der Waals surface area (Å²) in [6.45, 7) is 12.6. The van der Waals surface area contributed by atoms with E-state index in [1.807, 2.05) is 40.7 Å². The Labute approximate surface area is 277 Å². The largest absolute Gasteiger partial charge is 0.457 e. The molecule has 0 aromatic rings. The van der Waals surface area contributed by atoms with Gasteiger partial charge in [0.2, 0.25) is 5.78 Å². The fraction of sp³-hybridized carbons (Fsp3) is 0.771. The Hall–Kier alpha value is -2.11. The number of hydrogen-bond donors (Lipinski definition) is 1. The van der Waals surface area contributed by atoms with E-state index in [9.17, 15) is 24.3 Å². The van der Waals surface area contributed by atoms with Gasteiger partial charge in [-0.05, 0) is 62.5 Å². The molecule has 4 rings (SSSR count). The number of carbonyl (C=O) groups excluding carboxylic acids is 4. The predicted octanol–water partition coefficient (Wildman–Crippen LogP) is 5.57. The van der Waals surface area contributed by atoms with E-state index in [2.05, 4.69) is 0 Å². The average Bonchev–Trinajstić information content (AvgIpc) is 3.24. The summed E-state index contributed by atoms with van der Waals surface area (Å²) in [5.74, 6) is -2.70. The average molecular weight is 667 g/mol. The zero-order valence-corrected chi connectivity index (χ0v) is 29.1. The number of fused-ring (bicyclic) bond motifs is 5. The van der Waals surface area contributed by atoms with E-state index in [0.717, 1.165) is 5.57 Å². The third-order valence-corrected chi connectivity index (χ3v) is 12.0. The Morgan fingerprint density at radius 1 is 1.02 bits per heavy atom. The van der Waals surface area contributed by atoms with Crippen molar-refractivity contribution in [2.45, 2.75) is 123 Å². The number of carbonyl (C=O) groups is 4. The number of Topliss-reactive ketones (excluding diaryl/α,β-unsaturated/α-hetero) is 1.